The predicted octanol–water partition coefficient (Wildman–Crippen LogP) is 5.10. The van der Waals surface area contributed by atoms with E-state index in [1.165, 1.54) is 22.3 Å². The van der Waals surface area contributed by atoms with Gasteiger partial charge in [-0.05, 0) is 73.7 Å². The van der Waals surface area contributed by atoms with Crippen molar-refractivity contribution in [2.45, 2.75) is 26.8 Å². The number of carbonyl (C=O) groups is 2. The van der Waals surface area contributed by atoms with Crippen molar-refractivity contribution in [1.29, 1.82) is 0 Å². The summed E-state index contributed by atoms with van der Waals surface area (Å²) in [6.07, 6.45) is 0. The summed E-state index contributed by atoms with van der Waals surface area (Å²) in [5, 5.41) is 23.5. The van der Waals surface area contributed by atoms with Crippen LogP contribution in [0.25, 0.3) is 5.76 Å². The summed E-state index contributed by atoms with van der Waals surface area (Å²) in [7, 11) is 0. The maximum absolute atomic E-state index is 13.1. The number of phenols is 1. The van der Waals surface area contributed by atoms with Crippen molar-refractivity contribution >= 4 is 34.5 Å². The number of nitrogens with zero attached hydrogens (tertiary/aromatic N) is 1. The van der Waals surface area contributed by atoms with Crippen LogP contribution in [-0.2, 0) is 9.59 Å². The number of hydrogen-bond donors (Lipinski definition) is 2. The first-order valence-electron chi connectivity index (χ1n) is 10.2. The Labute approximate surface area is 190 Å². The normalized spacial score (nSPS) is 17.7. The topological polar surface area (TPSA) is 87.1 Å². The van der Waals surface area contributed by atoms with Crippen LogP contribution in [0.2, 0.25) is 0 Å². The van der Waals surface area contributed by atoms with Crippen LogP contribution in [0.1, 0.15) is 34.5 Å². The minimum absolute atomic E-state index is 0.0121. The van der Waals surface area contributed by atoms with E-state index in [-0.39, 0.29) is 22.8 Å². The maximum atomic E-state index is 13.1. The number of amides is 1. The highest BCUT2D eigenvalue weighted by Crippen LogP contribution is 2.46. The Balaban J connectivity index is 1.91. The Bertz CT molecular complexity index is 1230. The van der Waals surface area contributed by atoms with Crippen molar-refractivity contribution in [2.24, 2.45) is 0 Å². The van der Waals surface area contributed by atoms with Crippen LogP contribution in [0, 0.1) is 13.8 Å². The van der Waals surface area contributed by atoms with Gasteiger partial charge < -0.3 is 14.9 Å². The molecule has 1 amide bonds. The lowest BCUT2D eigenvalue weighted by molar-refractivity contribution is -0.132. The average molecular weight is 450 g/mol. The molecular formula is C25H23NO5S. The summed E-state index contributed by atoms with van der Waals surface area (Å²) < 4.78 is 5.56. The van der Waals surface area contributed by atoms with Crippen LogP contribution < -0.4 is 9.64 Å². The Morgan fingerprint density at radius 3 is 2.56 bits per heavy atom. The summed E-state index contributed by atoms with van der Waals surface area (Å²) in [6.45, 7) is 6.08. The number of rotatable bonds is 5. The van der Waals surface area contributed by atoms with Crippen molar-refractivity contribution in [3.63, 3.8) is 0 Å². The Morgan fingerprint density at radius 1 is 1.12 bits per heavy atom. The van der Waals surface area contributed by atoms with Gasteiger partial charge in [0.2, 0.25) is 0 Å². The number of aliphatic hydroxyl groups is 1. The zero-order valence-electron chi connectivity index (χ0n) is 18.0. The van der Waals surface area contributed by atoms with Crippen molar-refractivity contribution < 1.29 is 24.5 Å². The molecule has 1 aromatic heterocycles. The molecule has 1 aliphatic heterocycles. The third-order valence-corrected chi connectivity index (χ3v) is 6.32. The summed E-state index contributed by atoms with van der Waals surface area (Å²) in [6, 6.07) is 12.8. The molecule has 0 bridgehead atoms. The second-order valence-electron chi connectivity index (χ2n) is 7.59. The lowest BCUT2D eigenvalue weighted by Gasteiger charge is -2.25. The average Bonchev–Trinajstić information content (AvgIpc) is 3.38. The predicted molar refractivity (Wildman–Crippen MR) is 124 cm³/mol. The number of aromatic hydroxyl groups is 1. The van der Waals surface area contributed by atoms with Crippen LogP contribution >= 0.6 is 11.3 Å². The van der Waals surface area contributed by atoms with Gasteiger partial charge in [0.25, 0.3) is 11.7 Å². The van der Waals surface area contributed by atoms with Gasteiger partial charge in [-0.1, -0.05) is 12.1 Å². The van der Waals surface area contributed by atoms with Crippen molar-refractivity contribution in [3.05, 3.63) is 81.1 Å². The molecule has 164 valence electrons. The molecule has 0 spiro atoms. The van der Waals surface area contributed by atoms with Gasteiger partial charge in [-0.25, -0.2) is 0 Å². The smallest absolute Gasteiger partial charge is 0.300 e. The number of aliphatic hydroxyl groups excluding tert-OH is 1. The fraction of sp³-hybridized carbons (Fsp3) is 0.200. The van der Waals surface area contributed by atoms with Crippen molar-refractivity contribution in [3.8, 4) is 11.5 Å². The standard InChI is InChI=1S/C25H23NO5S/c1-4-31-19-10-8-16(13-15(19)3)23(28)21-22(20-6-5-11-32-20)26(25(30)24(21)29)17-12-14(2)7-9-18(17)27/h5-13,22,27-28H,4H2,1-3H3/b23-21-. The molecule has 2 aromatic carbocycles. The van der Waals surface area contributed by atoms with E-state index in [0.29, 0.717) is 22.8 Å². The first-order chi connectivity index (χ1) is 15.3. The molecule has 7 heteroatoms. The molecule has 4 rings (SSSR count). The van der Waals surface area contributed by atoms with Gasteiger partial charge in [-0.3, -0.25) is 14.5 Å². The lowest BCUT2D eigenvalue weighted by atomic mass is 9.98. The molecule has 1 aliphatic rings. The van der Waals surface area contributed by atoms with E-state index in [9.17, 15) is 19.8 Å². The van der Waals surface area contributed by atoms with E-state index >= 15 is 0 Å². The second-order valence-corrected chi connectivity index (χ2v) is 8.57. The van der Waals surface area contributed by atoms with Crippen LogP contribution in [0.5, 0.6) is 11.5 Å². The molecule has 2 N–H and O–H groups in total. The first-order valence-corrected chi connectivity index (χ1v) is 11.1. The quantitative estimate of drug-likeness (QED) is 0.322. The van der Waals surface area contributed by atoms with E-state index in [0.717, 1.165) is 11.1 Å². The molecular weight excluding hydrogens is 426 g/mol. The monoisotopic (exact) mass is 449 g/mol. The van der Waals surface area contributed by atoms with Crippen LogP contribution in [-0.4, -0.2) is 28.5 Å². The second kappa shape index (κ2) is 8.51. The number of aryl methyl sites for hydroxylation is 2. The van der Waals surface area contributed by atoms with Crippen molar-refractivity contribution in [1.82, 2.24) is 0 Å². The molecule has 0 radical (unpaired) electrons. The largest absolute Gasteiger partial charge is 0.507 e. The zero-order chi connectivity index (χ0) is 23.0. The molecule has 2 heterocycles. The highest BCUT2D eigenvalue weighted by molar-refractivity contribution is 7.10. The highest BCUT2D eigenvalue weighted by atomic mass is 32.1. The van der Waals surface area contributed by atoms with Crippen molar-refractivity contribution in [2.75, 3.05) is 11.5 Å². The van der Waals surface area contributed by atoms with Gasteiger partial charge in [0.15, 0.2) is 0 Å². The molecule has 0 saturated carbocycles. The van der Waals surface area contributed by atoms with E-state index in [1.54, 1.807) is 36.4 Å². The van der Waals surface area contributed by atoms with E-state index in [4.69, 9.17) is 4.74 Å². The Kier molecular flexibility index (Phi) is 5.76. The van der Waals surface area contributed by atoms with Gasteiger partial charge in [-0.15, -0.1) is 11.3 Å². The van der Waals surface area contributed by atoms with Gasteiger partial charge in [-0.2, -0.15) is 0 Å². The lowest BCUT2D eigenvalue weighted by Crippen LogP contribution is -2.29. The number of hydrogen-bond acceptors (Lipinski definition) is 6. The number of ether oxygens (including phenoxy) is 1. The molecule has 32 heavy (non-hydrogen) atoms. The fourth-order valence-corrected chi connectivity index (χ4v) is 4.72. The summed E-state index contributed by atoms with van der Waals surface area (Å²) in [5.41, 5.74) is 2.26. The number of phenolic OH excluding ortho intramolecular Hbond substituents is 1. The molecule has 1 atom stereocenters. The summed E-state index contributed by atoms with van der Waals surface area (Å²) in [4.78, 5) is 28.3. The van der Waals surface area contributed by atoms with Gasteiger partial charge in [0.1, 0.15) is 23.3 Å². The summed E-state index contributed by atoms with van der Waals surface area (Å²) >= 11 is 1.37. The minimum Gasteiger partial charge on any atom is -0.507 e. The van der Waals surface area contributed by atoms with Crippen LogP contribution in [0.3, 0.4) is 0 Å². The number of Topliss-reactive ketones (excluding diaryl/α,β-unsaturated/α-hetero) is 1. The first kappa shape index (κ1) is 21.6. The number of thiophene rings is 1. The Morgan fingerprint density at radius 2 is 1.91 bits per heavy atom. The van der Waals surface area contributed by atoms with Crippen LogP contribution in [0.15, 0.2) is 59.5 Å². The zero-order valence-corrected chi connectivity index (χ0v) is 18.8. The van der Waals surface area contributed by atoms with Gasteiger partial charge in [0, 0.05) is 10.4 Å². The Hall–Kier alpha value is -3.58. The maximum Gasteiger partial charge on any atom is 0.300 e. The van der Waals surface area contributed by atoms with Gasteiger partial charge >= 0.3 is 0 Å². The highest BCUT2D eigenvalue weighted by Gasteiger charge is 2.48. The molecule has 1 fully saturated rings. The van der Waals surface area contributed by atoms with Gasteiger partial charge in [0.05, 0.1) is 17.9 Å². The van der Waals surface area contributed by atoms with E-state index in [2.05, 4.69) is 0 Å². The third kappa shape index (κ3) is 3.65. The summed E-state index contributed by atoms with van der Waals surface area (Å²) in [5.74, 6) is -1.29. The number of anilines is 1. The van der Waals surface area contributed by atoms with E-state index < -0.39 is 17.7 Å². The minimum atomic E-state index is -0.852. The number of benzene rings is 2. The number of ketones is 1. The molecule has 6 nitrogen and oxygen atoms in total. The van der Waals surface area contributed by atoms with E-state index in [1.807, 2.05) is 32.2 Å². The number of carbonyl (C=O) groups excluding carboxylic acids is 2. The molecule has 3 aromatic rings. The fourth-order valence-electron chi connectivity index (χ4n) is 3.89. The third-order valence-electron chi connectivity index (χ3n) is 5.40. The molecule has 1 unspecified atom stereocenters. The SMILES string of the molecule is CCOc1ccc(/C(O)=C2/C(=O)C(=O)N(c3cc(C)ccc3O)C2c2cccs2)cc1C. The molecule has 1 saturated heterocycles. The van der Waals surface area contributed by atoms with Crippen LogP contribution in [0.4, 0.5) is 5.69 Å². The molecule has 0 aliphatic carbocycles.